The number of hydrogen-bond acceptors (Lipinski definition) is 6. The smallest absolute Gasteiger partial charge is 0.311 e. The van der Waals surface area contributed by atoms with E-state index in [-0.39, 0.29) is 41.2 Å². The van der Waals surface area contributed by atoms with Gasteiger partial charge in [0, 0.05) is 12.5 Å². The van der Waals surface area contributed by atoms with Crippen LogP contribution in [0.2, 0.25) is 0 Å². The SMILES string of the molecule is C[C@]1(CO)CCC[C@@]2(C)C1CC[C@]1(C)C2CC[C@@H]2[C@@H]3O[C@H]4OC(=O)CC4(O3)[C@H](O)C[C@H]21. The Morgan fingerprint density at radius 2 is 1.84 bits per heavy atom. The van der Waals surface area contributed by atoms with Crippen molar-refractivity contribution in [3.8, 4) is 0 Å². The summed E-state index contributed by atoms with van der Waals surface area (Å²) in [6.07, 6.45) is 6.82. The van der Waals surface area contributed by atoms with Gasteiger partial charge < -0.3 is 24.4 Å². The van der Waals surface area contributed by atoms with Crippen LogP contribution in [-0.4, -0.2) is 47.1 Å². The number of hydrogen-bond donors (Lipinski definition) is 2. The Bertz CT molecular complexity index is 786. The third-order valence-electron chi connectivity index (χ3n) is 11.2. The molecule has 3 heterocycles. The summed E-state index contributed by atoms with van der Waals surface area (Å²) in [5.74, 6) is 1.33. The van der Waals surface area contributed by atoms with Gasteiger partial charge in [0.1, 0.15) is 0 Å². The lowest BCUT2D eigenvalue weighted by molar-refractivity contribution is -0.225. The highest BCUT2D eigenvalue weighted by Gasteiger charge is 2.70. The average Bonchev–Trinajstić information content (AvgIpc) is 3.17. The summed E-state index contributed by atoms with van der Waals surface area (Å²) in [4.78, 5) is 12.0. The molecule has 2 N–H and O–H groups in total. The predicted octanol–water partition coefficient (Wildman–Crippen LogP) is 3.38. The quantitative estimate of drug-likeness (QED) is 0.616. The molecule has 2 bridgehead atoms. The maximum Gasteiger partial charge on any atom is 0.311 e. The largest absolute Gasteiger partial charge is 0.432 e. The molecule has 6 fully saturated rings. The van der Waals surface area contributed by atoms with Crippen LogP contribution in [0.4, 0.5) is 0 Å². The summed E-state index contributed by atoms with van der Waals surface area (Å²) in [6, 6.07) is 0. The van der Waals surface area contributed by atoms with E-state index in [1.807, 2.05) is 0 Å². The van der Waals surface area contributed by atoms with Crippen LogP contribution in [0.1, 0.15) is 78.6 Å². The predicted molar refractivity (Wildman–Crippen MR) is 111 cm³/mol. The third kappa shape index (κ3) is 2.51. The molecule has 0 aromatic heterocycles. The topological polar surface area (TPSA) is 85.2 Å². The maximum absolute atomic E-state index is 12.0. The Morgan fingerprint density at radius 3 is 2.61 bits per heavy atom. The van der Waals surface area contributed by atoms with E-state index in [9.17, 15) is 15.0 Å². The number of fused-ring (bicyclic) bond motifs is 7. The number of ether oxygens (including phenoxy) is 3. The molecule has 1 spiro atoms. The Labute approximate surface area is 185 Å². The van der Waals surface area contributed by atoms with E-state index in [1.54, 1.807) is 0 Å². The summed E-state index contributed by atoms with van der Waals surface area (Å²) in [5.41, 5.74) is -0.672. The van der Waals surface area contributed by atoms with Crippen molar-refractivity contribution < 1.29 is 29.2 Å². The fraction of sp³-hybridized carbons (Fsp3) is 0.960. The van der Waals surface area contributed by atoms with Crippen LogP contribution in [0.15, 0.2) is 0 Å². The van der Waals surface area contributed by atoms with Gasteiger partial charge in [-0.3, -0.25) is 4.79 Å². The number of aliphatic hydroxyl groups excluding tert-OH is 2. The first kappa shape index (κ1) is 20.9. The monoisotopic (exact) mass is 434 g/mol. The second-order valence-electron chi connectivity index (χ2n) is 12.5. The van der Waals surface area contributed by atoms with Crippen LogP contribution in [0.5, 0.6) is 0 Å². The van der Waals surface area contributed by atoms with Gasteiger partial charge in [0.25, 0.3) is 0 Å². The highest BCUT2D eigenvalue weighted by molar-refractivity contribution is 5.74. The molecule has 6 aliphatic rings. The van der Waals surface area contributed by atoms with Crippen molar-refractivity contribution in [3.05, 3.63) is 0 Å². The number of aliphatic hydroxyl groups is 2. The zero-order chi connectivity index (χ0) is 21.8. The first-order valence-electron chi connectivity index (χ1n) is 12.5. The molecule has 174 valence electrons. The fourth-order valence-corrected chi connectivity index (χ4v) is 9.76. The van der Waals surface area contributed by atoms with Crippen LogP contribution in [-0.2, 0) is 19.0 Å². The summed E-state index contributed by atoms with van der Waals surface area (Å²) in [5, 5.41) is 21.6. The minimum atomic E-state index is -1.02. The van der Waals surface area contributed by atoms with E-state index in [4.69, 9.17) is 14.2 Å². The van der Waals surface area contributed by atoms with Gasteiger partial charge >= 0.3 is 5.97 Å². The lowest BCUT2D eigenvalue weighted by Gasteiger charge is -2.67. The van der Waals surface area contributed by atoms with Crippen molar-refractivity contribution in [1.82, 2.24) is 0 Å². The molecule has 0 aromatic carbocycles. The van der Waals surface area contributed by atoms with Gasteiger partial charge in [-0.25, -0.2) is 0 Å². The third-order valence-corrected chi connectivity index (χ3v) is 11.2. The minimum absolute atomic E-state index is 0.0210. The summed E-state index contributed by atoms with van der Waals surface area (Å²) in [6.45, 7) is 7.54. The van der Waals surface area contributed by atoms with E-state index in [1.165, 1.54) is 12.8 Å². The van der Waals surface area contributed by atoms with Gasteiger partial charge in [-0.05, 0) is 78.9 Å². The van der Waals surface area contributed by atoms with Gasteiger partial charge in [0.05, 0.1) is 12.5 Å². The second-order valence-corrected chi connectivity index (χ2v) is 12.5. The Kier molecular flexibility index (Phi) is 4.35. The highest BCUT2D eigenvalue weighted by Crippen LogP contribution is 2.71. The molecule has 0 amide bonds. The Hall–Kier alpha value is -0.690. The molecular weight excluding hydrogens is 396 g/mol. The van der Waals surface area contributed by atoms with Gasteiger partial charge in [0.15, 0.2) is 11.9 Å². The van der Waals surface area contributed by atoms with Crippen molar-refractivity contribution >= 4 is 5.97 Å². The van der Waals surface area contributed by atoms with Gasteiger partial charge in [-0.1, -0.05) is 27.2 Å². The molecule has 0 radical (unpaired) electrons. The number of esters is 1. The average molecular weight is 435 g/mol. The van der Waals surface area contributed by atoms with Gasteiger partial charge in [-0.15, -0.1) is 0 Å². The number of carbonyl (C=O) groups excluding carboxylic acids is 1. The van der Waals surface area contributed by atoms with Crippen molar-refractivity contribution in [2.45, 2.75) is 103 Å². The molecule has 3 saturated heterocycles. The molecule has 3 aliphatic heterocycles. The van der Waals surface area contributed by atoms with E-state index in [2.05, 4.69) is 20.8 Å². The van der Waals surface area contributed by atoms with Crippen LogP contribution in [0, 0.1) is 39.9 Å². The molecular formula is C25H38O6. The van der Waals surface area contributed by atoms with Crippen molar-refractivity contribution in [2.24, 2.45) is 39.9 Å². The van der Waals surface area contributed by atoms with Crippen LogP contribution >= 0.6 is 0 Å². The van der Waals surface area contributed by atoms with Crippen LogP contribution in [0.3, 0.4) is 0 Å². The second kappa shape index (κ2) is 6.46. The molecule has 3 unspecified atom stereocenters. The first-order chi connectivity index (χ1) is 14.7. The zero-order valence-corrected chi connectivity index (χ0v) is 19.1. The van der Waals surface area contributed by atoms with E-state index < -0.39 is 24.3 Å². The molecule has 11 atom stereocenters. The summed E-state index contributed by atoms with van der Waals surface area (Å²) >= 11 is 0. The summed E-state index contributed by atoms with van der Waals surface area (Å²) < 4.78 is 17.9. The van der Waals surface area contributed by atoms with Crippen molar-refractivity contribution in [3.63, 3.8) is 0 Å². The Balaban J connectivity index is 1.36. The highest BCUT2D eigenvalue weighted by atomic mass is 16.8. The molecule has 6 rings (SSSR count). The molecule has 31 heavy (non-hydrogen) atoms. The standard InChI is InChI=1S/C25H38O6/c1-22(13-26)8-4-9-24(3)16(22)7-10-23(2)15-11-18(27)25-12-19(28)29-21(25)30-20(31-25)14(15)5-6-17(23)24/h14-18,20-21,26-27H,4-13H2,1-3H3/t14-,15+,16?,17?,18+,20+,21+,22+,23-,24-,25?/m0/s1. The lowest BCUT2D eigenvalue weighted by Crippen LogP contribution is -2.61. The molecule has 3 aliphatic carbocycles. The van der Waals surface area contributed by atoms with E-state index in [0.29, 0.717) is 24.2 Å². The number of rotatable bonds is 1. The fourth-order valence-electron chi connectivity index (χ4n) is 9.76. The normalized spacial score (nSPS) is 60.3. The molecule has 3 saturated carbocycles. The molecule has 6 nitrogen and oxygen atoms in total. The lowest BCUT2D eigenvalue weighted by atomic mass is 9.38. The van der Waals surface area contributed by atoms with Crippen molar-refractivity contribution in [1.29, 1.82) is 0 Å². The zero-order valence-electron chi connectivity index (χ0n) is 19.1. The van der Waals surface area contributed by atoms with E-state index >= 15 is 0 Å². The van der Waals surface area contributed by atoms with E-state index in [0.717, 1.165) is 32.1 Å². The van der Waals surface area contributed by atoms with Crippen LogP contribution in [0.25, 0.3) is 0 Å². The van der Waals surface area contributed by atoms with Crippen molar-refractivity contribution in [2.75, 3.05) is 6.61 Å². The van der Waals surface area contributed by atoms with Crippen LogP contribution < -0.4 is 0 Å². The Morgan fingerprint density at radius 1 is 1.03 bits per heavy atom. The molecule has 6 heteroatoms. The maximum atomic E-state index is 12.0. The van der Waals surface area contributed by atoms with Gasteiger partial charge in [-0.2, -0.15) is 0 Å². The van der Waals surface area contributed by atoms with Gasteiger partial charge in [0.2, 0.25) is 6.29 Å². The number of carbonyl (C=O) groups is 1. The molecule has 0 aromatic rings. The summed E-state index contributed by atoms with van der Waals surface area (Å²) in [7, 11) is 0. The minimum Gasteiger partial charge on any atom is -0.432 e. The first-order valence-corrected chi connectivity index (χ1v) is 12.5.